The molecule has 1 aliphatic heterocycles. The molecule has 1 atom stereocenters. The summed E-state index contributed by atoms with van der Waals surface area (Å²) in [5.41, 5.74) is 5.33. The second-order valence-electron chi connectivity index (χ2n) is 6.08. The van der Waals surface area contributed by atoms with E-state index in [9.17, 15) is 5.11 Å². The van der Waals surface area contributed by atoms with Crippen LogP contribution in [0.5, 0.6) is 0 Å². The Morgan fingerprint density at radius 3 is 2.74 bits per heavy atom. The lowest BCUT2D eigenvalue weighted by Crippen LogP contribution is -1.95. The molecule has 116 valence electrons. The molecule has 1 unspecified atom stereocenters. The molecule has 1 aliphatic carbocycles. The number of aliphatic hydroxyl groups excluding tert-OH is 1. The number of H-pyrrole nitrogens is 2. The standard InChI is InChI=1S/C19H19N3O/c1-11-6-7-14-10-17-18(16(14)8-11)21-22-19(17)20-15-5-3-4-13(9-15)12(2)23/h3-10,12,20-23H,1-2H3. The minimum absolute atomic E-state index is 0.475. The first kappa shape index (κ1) is 13.9. The second-order valence-corrected chi connectivity index (χ2v) is 6.08. The molecule has 4 N–H and O–H groups in total. The fraction of sp³-hybridized carbons (Fsp3) is 0.158. The van der Waals surface area contributed by atoms with E-state index in [-0.39, 0.29) is 0 Å². The van der Waals surface area contributed by atoms with Gasteiger partial charge in [0.15, 0.2) is 0 Å². The van der Waals surface area contributed by atoms with Crippen LogP contribution in [0.3, 0.4) is 0 Å². The molecule has 0 saturated carbocycles. The molecule has 0 amide bonds. The van der Waals surface area contributed by atoms with Crippen molar-refractivity contribution < 1.29 is 5.11 Å². The number of benzene rings is 2. The average molecular weight is 305 g/mol. The van der Waals surface area contributed by atoms with Gasteiger partial charge in [0.2, 0.25) is 0 Å². The molecule has 0 aromatic heterocycles. The van der Waals surface area contributed by atoms with Gasteiger partial charge < -0.3 is 10.4 Å². The first-order valence-electron chi connectivity index (χ1n) is 7.76. The highest BCUT2D eigenvalue weighted by molar-refractivity contribution is 6.04. The molecule has 23 heavy (non-hydrogen) atoms. The number of anilines is 2. The molecular formula is C19H19N3O. The Labute approximate surface area is 134 Å². The third-order valence-corrected chi connectivity index (χ3v) is 4.27. The van der Waals surface area contributed by atoms with Crippen molar-refractivity contribution in [2.45, 2.75) is 20.0 Å². The van der Waals surface area contributed by atoms with E-state index in [1.807, 2.05) is 24.3 Å². The van der Waals surface area contributed by atoms with Crippen LogP contribution < -0.4 is 5.32 Å². The zero-order valence-corrected chi connectivity index (χ0v) is 13.1. The van der Waals surface area contributed by atoms with Crippen molar-refractivity contribution in [2.75, 3.05) is 5.32 Å². The van der Waals surface area contributed by atoms with Crippen molar-refractivity contribution in [2.24, 2.45) is 0 Å². The first-order valence-corrected chi connectivity index (χ1v) is 7.76. The van der Waals surface area contributed by atoms with Gasteiger partial charge in [-0.05, 0) is 49.1 Å². The van der Waals surface area contributed by atoms with Crippen molar-refractivity contribution in [1.29, 1.82) is 0 Å². The SMILES string of the molecule is Cc1ccc2cc3c(Nc4cccc(C(C)O)c4)[nH][nH]c-3c2c1. The van der Waals surface area contributed by atoms with Gasteiger partial charge in [-0.3, -0.25) is 10.2 Å². The Balaban J connectivity index is 1.73. The van der Waals surface area contributed by atoms with Gasteiger partial charge in [-0.25, -0.2) is 0 Å². The van der Waals surface area contributed by atoms with Crippen LogP contribution in [0.2, 0.25) is 0 Å². The summed E-state index contributed by atoms with van der Waals surface area (Å²) in [7, 11) is 0. The minimum Gasteiger partial charge on any atom is -0.389 e. The number of aliphatic hydroxyl groups is 1. The van der Waals surface area contributed by atoms with Crippen molar-refractivity contribution in [3.05, 3.63) is 59.7 Å². The minimum atomic E-state index is -0.475. The van der Waals surface area contributed by atoms with Gasteiger partial charge in [0.05, 0.1) is 11.8 Å². The summed E-state index contributed by atoms with van der Waals surface area (Å²) in [5.74, 6) is 0.927. The van der Waals surface area contributed by atoms with Crippen molar-refractivity contribution in [1.82, 2.24) is 10.2 Å². The third kappa shape index (κ3) is 2.37. The van der Waals surface area contributed by atoms with Gasteiger partial charge in [0.1, 0.15) is 5.82 Å². The van der Waals surface area contributed by atoms with Crippen molar-refractivity contribution >= 4 is 22.3 Å². The van der Waals surface area contributed by atoms with Crippen LogP contribution in [0.25, 0.3) is 22.0 Å². The Morgan fingerprint density at radius 1 is 1.04 bits per heavy atom. The molecule has 0 fully saturated rings. The lowest BCUT2D eigenvalue weighted by atomic mass is 10.1. The molecule has 0 radical (unpaired) electrons. The summed E-state index contributed by atoms with van der Waals surface area (Å²) in [6.45, 7) is 3.87. The van der Waals surface area contributed by atoms with E-state index in [1.54, 1.807) is 6.92 Å². The van der Waals surface area contributed by atoms with Crippen LogP contribution in [0, 0.1) is 6.92 Å². The number of fused-ring (bicyclic) bond motifs is 3. The molecule has 4 heteroatoms. The fourth-order valence-electron chi connectivity index (χ4n) is 3.03. The van der Waals surface area contributed by atoms with E-state index in [1.165, 1.54) is 16.3 Å². The number of nitrogens with one attached hydrogen (secondary N) is 3. The molecular weight excluding hydrogens is 286 g/mol. The summed E-state index contributed by atoms with van der Waals surface area (Å²) in [6, 6.07) is 16.5. The van der Waals surface area contributed by atoms with Crippen molar-refractivity contribution in [3.63, 3.8) is 0 Å². The van der Waals surface area contributed by atoms with Crippen LogP contribution in [-0.2, 0) is 0 Å². The van der Waals surface area contributed by atoms with E-state index >= 15 is 0 Å². The number of aromatic nitrogens is 2. The van der Waals surface area contributed by atoms with Crippen LogP contribution in [-0.4, -0.2) is 15.3 Å². The maximum atomic E-state index is 9.73. The normalized spacial score (nSPS) is 12.8. The summed E-state index contributed by atoms with van der Waals surface area (Å²) in [6.07, 6.45) is -0.475. The summed E-state index contributed by atoms with van der Waals surface area (Å²) < 4.78 is 0. The maximum Gasteiger partial charge on any atom is 0.132 e. The summed E-state index contributed by atoms with van der Waals surface area (Å²) in [5, 5.41) is 22.0. The third-order valence-electron chi connectivity index (χ3n) is 4.27. The van der Waals surface area contributed by atoms with Crippen LogP contribution in [0.1, 0.15) is 24.2 Å². The number of hydrogen-bond acceptors (Lipinski definition) is 2. The van der Waals surface area contributed by atoms with Crippen molar-refractivity contribution in [3.8, 4) is 11.3 Å². The molecule has 2 aromatic rings. The Morgan fingerprint density at radius 2 is 1.91 bits per heavy atom. The highest BCUT2D eigenvalue weighted by atomic mass is 16.3. The van der Waals surface area contributed by atoms with E-state index in [0.29, 0.717) is 0 Å². The largest absolute Gasteiger partial charge is 0.389 e. The zero-order chi connectivity index (χ0) is 16.0. The Bertz CT molecular complexity index is 948. The molecule has 1 heterocycles. The lowest BCUT2D eigenvalue weighted by Gasteiger charge is -2.09. The van der Waals surface area contributed by atoms with Crippen LogP contribution in [0.15, 0.2) is 48.5 Å². The fourth-order valence-corrected chi connectivity index (χ4v) is 3.03. The predicted octanol–water partition coefficient (Wildman–Crippen LogP) is 4.71. The number of hydrogen-bond donors (Lipinski definition) is 4. The quantitative estimate of drug-likeness (QED) is 0.443. The molecule has 2 aliphatic rings. The Hall–Kier alpha value is -2.72. The molecule has 0 bridgehead atoms. The monoisotopic (exact) mass is 305 g/mol. The van der Waals surface area contributed by atoms with Gasteiger partial charge in [-0.1, -0.05) is 29.8 Å². The van der Waals surface area contributed by atoms with Gasteiger partial charge in [-0.2, -0.15) is 0 Å². The van der Waals surface area contributed by atoms with Gasteiger partial charge in [0.25, 0.3) is 0 Å². The smallest absolute Gasteiger partial charge is 0.132 e. The van der Waals surface area contributed by atoms with Crippen LogP contribution >= 0.6 is 0 Å². The molecule has 4 nitrogen and oxygen atoms in total. The first-order chi connectivity index (χ1) is 11.1. The zero-order valence-electron chi connectivity index (χ0n) is 13.1. The molecule has 0 saturated heterocycles. The van der Waals surface area contributed by atoms with Crippen LogP contribution in [0.4, 0.5) is 11.5 Å². The summed E-state index contributed by atoms with van der Waals surface area (Å²) >= 11 is 0. The molecule has 2 aromatic carbocycles. The lowest BCUT2D eigenvalue weighted by molar-refractivity contribution is 0.199. The highest BCUT2D eigenvalue weighted by Crippen LogP contribution is 2.38. The second kappa shape index (κ2) is 5.18. The summed E-state index contributed by atoms with van der Waals surface area (Å²) in [4.78, 5) is 0. The maximum absolute atomic E-state index is 9.73. The average Bonchev–Trinajstić information content (AvgIpc) is 3.08. The predicted molar refractivity (Wildman–Crippen MR) is 94.4 cm³/mol. The number of aromatic amines is 2. The van der Waals surface area contributed by atoms with Gasteiger partial charge in [-0.15, -0.1) is 0 Å². The van der Waals surface area contributed by atoms with E-state index in [0.717, 1.165) is 28.3 Å². The number of rotatable bonds is 3. The van der Waals surface area contributed by atoms with E-state index in [4.69, 9.17) is 0 Å². The molecule has 0 spiro atoms. The highest BCUT2D eigenvalue weighted by Gasteiger charge is 2.17. The van der Waals surface area contributed by atoms with Gasteiger partial charge >= 0.3 is 0 Å². The topological polar surface area (TPSA) is 63.8 Å². The van der Waals surface area contributed by atoms with E-state index in [2.05, 4.69) is 46.7 Å². The number of aryl methyl sites for hydroxylation is 1. The van der Waals surface area contributed by atoms with Gasteiger partial charge in [0, 0.05) is 16.6 Å². The molecule has 4 rings (SSSR count). The van der Waals surface area contributed by atoms with E-state index < -0.39 is 6.10 Å². The Kier molecular flexibility index (Phi) is 3.13.